The van der Waals surface area contributed by atoms with E-state index in [4.69, 9.17) is 16.3 Å². The average molecular weight is 340 g/mol. The zero-order valence-electron chi connectivity index (χ0n) is 8.34. The molecule has 0 bridgehead atoms. The highest BCUT2D eigenvalue weighted by atomic mass is 79.9. The van der Waals surface area contributed by atoms with Crippen LogP contribution >= 0.6 is 38.9 Å². The van der Waals surface area contributed by atoms with Crippen LogP contribution in [0, 0.1) is 11.6 Å². The van der Waals surface area contributed by atoms with Gasteiger partial charge in [-0.05, 0) is 24.3 Å². The maximum atomic E-state index is 13.3. The summed E-state index contributed by atoms with van der Waals surface area (Å²) in [4.78, 5) is 0.842. The van der Waals surface area contributed by atoms with Gasteiger partial charge in [0.25, 0.3) is 0 Å². The summed E-state index contributed by atoms with van der Waals surface area (Å²) in [5, 5.41) is 0. The van der Waals surface area contributed by atoms with E-state index in [1.54, 1.807) is 12.1 Å². The number of hydrogen-bond donors (Lipinski definition) is 0. The minimum atomic E-state index is -0.990. The van der Waals surface area contributed by atoms with E-state index in [1.807, 2.05) is 0 Å². The minimum absolute atomic E-state index is 0.124. The molecule has 0 spiro atoms. The monoisotopic (exact) mass is 338 g/mol. The van der Waals surface area contributed by atoms with Crippen LogP contribution in [-0.4, -0.2) is 0 Å². The zero-order valence-corrected chi connectivity index (χ0v) is 11.5. The third-order valence-corrected chi connectivity index (χ3v) is 3.62. The SMILES string of the molecule is Fc1cc(Br)cc(OCc2ccc(Cl)s2)c1F. The maximum Gasteiger partial charge on any atom is 0.200 e. The van der Waals surface area contributed by atoms with Crippen molar-refractivity contribution in [2.24, 2.45) is 0 Å². The van der Waals surface area contributed by atoms with Gasteiger partial charge >= 0.3 is 0 Å². The molecule has 0 fully saturated rings. The van der Waals surface area contributed by atoms with Crippen molar-refractivity contribution in [2.45, 2.75) is 6.61 Å². The van der Waals surface area contributed by atoms with E-state index in [2.05, 4.69) is 15.9 Å². The summed E-state index contributed by atoms with van der Waals surface area (Å²) in [6, 6.07) is 5.93. The van der Waals surface area contributed by atoms with Crippen LogP contribution in [0.1, 0.15) is 4.88 Å². The molecule has 1 aromatic heterocycles. The van der Waals surface area contributed by atoms with Gasteiger partial charge < -0.3 is 4.74 Å². The van der Waals surface area contributed by atoms with Crippen LogP contribution < -0.4 is 4.74 Å². The second-order valence-corrected chi connectivity index (χ2v) is 5.91. The molecular weight excluding hydrogens is 334 g/mol. The number of halogens is 4. The Morgan fingerprint density at radius 3 is 2.71 bits per heavy atom. The summed E-state index contributed by atoms with van der Waals surface area (Å²) >= 11 is 10.2. The van der Waals surface area contributed by atoms with Gasteiger partial charge in [-0.15, -0.1) is 11.3 Å². The fourth-order valence-electron chi connectivity index (χ4n) is 1.22. The largest absolute Gasteiger partial charge is 0.485 e. The second kappa shape index (κ2) is 5.33. The molecule has 2 rings (SSSR count). The Morgan fingerprint density at radius 2 is 2.06 bits per heavy atom. The van der Waals surface area contributed by atoms with E-state index >= 15 is 0 Å². The Kier molecular flexibility index (Phi) is 4.01. The second-order valence-electron chi connectivity index (χ2n) is 3.19. The predicted molar refractivity (Wildman–Crippen MR) is 67.7 cm³/mol. The van der Waals surface area contributed by atoms with E-state index in [1.165, 1.54) is 17.4 Å². The summed E-state index contributed by atoms with van der Waals surface area (Å²) in [6.07, 6.45) is 0. The molecule has 1 nitrogen and oxygen atoms in total. The highest BCUT2D eigenvalue weighted by Crippen LogP contribution is 2.27. The van der Waals surface area contributed by atoms with Crippen molar-refractivity contribution in [3.63, 3.8) is 0 Å². The maximum absolute atomic E-state index is 13.3. The van der Waals surface area contributed by atoms with Crippen LogP contribution in [0.3, 0.4) is 0 Å². The van der Waals surface area contributed by atoms with E-state index < -0.39 is 11.6 Å². The Hall–Kier alpha value is -0.650. The van der Waals surface area contributed by atoms with Gasteiger partial charge in [0.2, 0.25) is 5.82 Å². The molecular formula is C11H6BrClF2OS. The van der Waals surface area contributed by atoms with E-state index in [0.717, 1.165) is 10.9 Å². The standard InChI is InChI=1S/C11H6BrClF2OS/c12-6-3-8(14)11(15)9(4-6)16-5-7-1-2-10(13)17-7/h1-4H,5H2. The highest BCUT2D eigenvalue weighted by Gasteiger charge is 2.11. The fourth-order valence-corrected chi connectivity index (χ4v) is 2.63. The highest BCUT2D eigenvalue weighted by molar-refractivity contribution is 9.10. The van der Waals surface area contributed by atoms with Gasteiger partial charge in [0.1, 0.15) is 6.61 Å². The summed E-state index contributed by atoms with van der Waals surface area (Å²) in [6.45, 7) is 0.157. The third kappa shape index (κ3) is 3.18. The van der Waals surface area contributed by atoms with E-state index in [0.29, 0.717) is 8.81 Å². The Labute approximate surface area is 114 Å². The summed E-state index contributed by atoms with van der Waals surface area (Å²) in [7, 11) is 0. The van der Waals surface area contributed by atoms with Gasteiger partial charge in [0, 0.05) is 9.35 Å². The van der Waals surface area contributed by atoms with Crippen LogP contribution in [0.5, 0.6) is 5.75 Å². The van der Waals surface area contributed by atoms with Gasteiger partial charge in [-0.3, -0.25) is 0 Å². The summed E-state index contributed by atoms with van der Waals surface area (Å²) in [5.74, 6) is -2.06. The normalized spacial score (nSPS) is 10.6. The van der Waals surface area contributed by atoms with Crippen molar-refractivity contribution in [1.82, 2.24) is 0 Å². The quantitative estimate of drug-likeness (QED) is 0.713. The third-order valence-electron chi connectivity index (χ3n) is 1.96. The predicted octanol–water partition coefficient (Wildman–Crippen LogP) is 5.02. The lowest BCUT2D eigenvalue weighted by Crippen LogP contribution is -1.97. The first kappa shape index (κ1) is 12.8. The summed E-state index contributed by atoms with van der Waals surface area (Å²) < 4.78 is 32.7. The lowest BCUT2D eigenvalue weighted by atomic mass is 10.3. The smallest absolute Gasteiger partial charge is 0.200 e. The Balaban J connectivity index is 2.14. The minimum Gasteiger partial charge on any atom is -0.485 e. The molecule has 0 amide bonds. The van der Waals surface area contributed by atoms with Crippen molar-refractivity contribution in [1.29, 1.82) is 0 Å². The molecule has 2 aromatic rings. The number of benzene rings is 1. The molecule has 0 aliphatic carbocycles. The first-order valence-corrected chi connectivity index (χ1v) is 6.56. The Bertz CT molecular complexity index is 544. The topological polar surface area (TPSA) is 9.23 Å². The molecule has 0 saturated carbocycles. The van der Waals surface area contributed by atoms with Gasteiger partial charge in [-0.2, -0.15) is 4.39 Å². The van der Waals surface area contributed by atoms with Crippen LogP contribution in [0.2, 0.25) is 4.34 Å². The van der Waals surface area contributed by atoms with E-state index in [9.17, 15) is 8.78 Å². The Morgan fingerprint density at radius 1 is 1.29 bits per heavy atom. The molecule has 0 N–H and O–H groups in total. The van der Waals surface area contributed by atoms with Gasteiger partial charge in [-0.25, -0.2) is 4.39 Å². The van der Waals surface area contributed by atoms with Gasteiger partial charge in [0.05, 0.1) is 4.34 Å². The lowest BCUT2D eigenvalue weighted by molar-refractivity contribution is 0.287. The lowest BCUT2D eigenvalue weighted by Gasteiger charge is -2.07. The molecule has 0 aliphatic rings. The molecule has 0 atom stereocenters. The molecule has 0 unspecified atom stereocenters. The van der Waals surface area contributed by atoms with Crippen molar-refractivity contribution in [3.05, 3.63) is 49.6 Å². The zero-order chi connectivity index (χ0) is 12.4. The van der Waals surface area contributed by atoms with Crippen LogP contribution in [-0.2, 0) is 6.61 Å². The van der Waals surface area contributed by atoms with Crippen LogP contribution in [0.4, 0.5) is 8.78 Å². The van der Waals surface area contributed by atoms with Crippen LogP contribution in [0.25, 0.3) is 0 Å². The number of thiophene rings is 1. The molecule has 0 saturated heterocycles. The van der Waals surface area contributed by atoms with Crippen LogP contribution in [0.15, 0.2) is 28.7 Å². The molecule has 0 radical (unpaired) electrons. The van der Waals surface area contributed by atoms with Gasteiger partial charge in [0.15, 0.2) is 11.6 Å². The fraction of sp³-hybridized carbons (Fsp3) is 0.0909. The number of hydrogen-bond acceptors (Lipinski definition) is 2. The first-order chi connectivity index (χ1) is 8.06. The molecule has 1 heterocycles. The number of ether oxygens (including phenoxy) is 1. The van der Waals surface area contributed by atoms with Gasteiger partial charge in [-0.1, -0.05) is 27.5 Å². The van der Waals surface area contributed by atoms with Crippen molar-refractivity contribution in [3.8, 4) is 5.75 Å². The van der Waals surface area contributed by atoms with E-state index in [-0.39, 0.29) is 12.4 Å². The average Bonchev–Trinajstić information content (AvgIpc) is 2.67. The number of rotatable bonds is 3. The molecule has 6 heteroatoms. The molecule has 0 aliphatic heterocycles. The molecule has 1 aromatic carbocycles. The summed E-state index contributed by atoms with van der Waals surface area (Å²) in [5.41, 5.74) is 0. The molecule has 17 heavy (non-hydrogen) atoms. The van der Waals surface area contributed by atoms with Crippen molar-refractivity contribution < 1.29 is 13.5 Å². The van der Waals surface area contributed by atoms with Crippen molar-refractivity contribution in [2.75, 3.05) is 0 Å². The molecule has 90 valence electrons. The van der Waals surface area contributed by atoms with Crippen molar-refractivity contribution >= 4 is 38.9 Å². The first-order valence-electron chi connectivity index (χ1n) is 4.58.